The van der Waals surface area contributed by atoms with Crippen molar-refractivity contribution in [3.05, 3.63) is 109 Å². The van der Waals surface area contributed by atoms with Crippen LogP contribution in [0.4, 0.5) is 0 Å². The zero-order valence-electron chi connectivity index (χ0n) is 22.8. The standard InChI is InChI=1S/C35H35N2O2.ClH/c1-3-23-21-37(22-32-28-10-6-4-8-25(28)18-26-9-5-7-11-29(26)32)17-15-24(23)19-34(37)35(38)30-14-16-36-33-13-12-27(39-2)20-31(30)33;/h3-14,16,18,20,23-24,34-35,38H,1,15,17,19,21-22H2,2H3;1H/q+1;/p-1/t23-,24+,34?,35?,37-;/m1./s1. The molecule has 5 heteroatoms. The number of methoxy groups -OCH3 is 1. The van der Waals surface area contributed by atoms with Crippen molar-refractivity contribution in [3.63, 3.8) is 0 Å². The zero-order chi connectivity index (χ0) is 26.6. The maximum absolute atomic E-state index is 12.2. The van der Waals surface area contributed by atoms with Crippen LogP contribution in [0, 0.1) is 11.8 Å². The first-order valence-corrected chi connectivity index (χ1v) is 14.1. The molecule has 5 aromatic rings. The van der Waals surface area contributed by atoms with E-state index in [4.69, 9.17) is 4.74 Å². The maximum Gasteiger partial charge on any atom is 0.131 e. The van der Waals surface area contributed by atoms with E-state index in [2.05, 4.69) is 72.2 Å². The van der Waals surface area contributed by atoms with Gasteiger partial charge in [-0.3, -0.25) is 4.98 Å². The van der Waals surface area contributed by atoms with Gasteiger partial charge in [-0.25, -0.2) is 0 Å². The summed E-state index contributed by atoms with van der Waals surface area (Å²) in [6.07, 6.45) is 5.58. The Morgan fingerprint density at radius 1 is 1.00 bits per heavy atom. The summed E-state index contributed by atoms with van der Waals surface area (Å²) >= 11 is 0. The highest BCUT2D eigenvalue weighted by atomic mass is 35.5. The third-order valence-electron chi connectivity index (χ3n) is 9.70. The summed E-state index contributed by atoms with van der Waals surface area (Å²) in [5.74, 6) is 1.82. The number of fused-ring (bicyclic) bond motifs is 6. The lowest BCUT2D eigenvalue weighted by Crippen LogP contribution is -3.00. The normalized spacial score (nSPS) is 24.6. The molecule has 3 fully saturated rings. The van der Waals surface area contributed by atoms with Gasteiger partial charge >= 0.3 is 0 Å². The number of hydrogen-bond donors (Lipinski definition) is 1. The molecular formula is C35H35ClN2O2. The maximum atomic E-state index is 12.2. The van der Waals surface area contributed by atoms with E-state index in [1.165, 1.54) is 33.5 Å². The molecule has 3 saturated heterocycles. The van der Waals surface area contributed by atoms with Crippen molar-refractivity contribution in [2.45, 2.75) is 31.5 Å². The number of pyridine rings is 1. The van der Waals surface area contributed by atoms with E-state index >= 15 is 0 Å². The predicted molar refractivity (Wildman–Crippen MR) is 159 cm³/mol. The van der Waals surface area contributed by atoms with Crippen molar-refractivity contribution < 1.29 is 26.7 Å². The molecule has 204 valence electrons. The number of quaternary nitrogens is 1. The molecule has 8 rings (SSSR count). The molecular weight excluding hydrogens is 516 g/mol. The van der Waals surface area contributed by atoms with Crippen LogP contribution in [0.2, 0.25) is 0 Å². The van der Waals surface area contributed by atoms with E-state index in [0.29, 0.717) is 11.8 Å². The molecule has 1 aromatic heterocycles. The van der Waals surface area contributed by atoms with Crippen LogP contribution < -0.4 is 17.1 Å². The first-order valence-electron chi connectivity index (χ1n) is 14.1. The number of benzene rings is 4. The monoisotopic (exact) mass is 550 g/mol. The Morgan fingerprint density at radius 3 is 2.42 bits per heavy atom. The fourth-order valence-corrected chi connectivity index (χ4v) is 7.71. The Labute approximate surface area is 241 Å². The molecule has 4 heterocycles. The van der Waals surface area contributed by atoms with Gasteiger partial charge in [-0.05, 0) is 63.4 Å². The minimum absolute atomic E-state index is 0. The fourth-order valence-electron chi connectivity index (χ4n) is 7.71. The molecule has 0 saturated carbocycles. The van der Waals surface area contributed by atoms with Crippen molar-refractivity contribution in [2.75, 3.05) is 20.2 Å². The second kappa shape index (κ2) is 10.5. The Morgan fingerprint density at radius 2 is 1.73 bits per heavy atom. The number of halogens is 1. The lowest BCUT2D eigenvalue weighted by atomic mass is 9.71. The number of ether oxygens (including phenoxy) is 1. The van der Waals surface area contributed by atoms with Crippen LogP contribution in [-0.2, 0) is 6.54 Å². The van der Waals surface area contributed by atoms with Crippen molar-refractivity contribution in [1.82, 2.24) is 4.98 Å². The second-order valence-electron chi connectivity index (χ2n) is 11.6. The third kappa shape index (κ3) is 4.26. The highest BCUT2D eigenvalue weighted by Crippen LogP contribution is 2.49. The van der Waals surface area contributed by atoms with Crippen LogP contribution in [-0.4, -0.2) is 40.8 Å². The minimum atomic E-state index is -0.600. The quantitative estimate of drug-likeness (QED) is 0.196. The number of hydrogen-bond acceptors (Lipinski definition) is 3. The smallest absolute Gasteiger partial charge is 0.131 e. The Hall–Kier alpha value is -3.44. The van der Waals surface area contributed by atoms with Gasteiger partial charge in [0.1, 0.15) is 24.4 Å². The van der Waals surface area contributed by atoms with Crippen LogP contribution in [0.1, 0.15) is 30.1 Å². The van der Waals surface area contributed by atoms with Crippen LogP contribution in [0.25, 0.3) is 32.4 Å². The largest absolute Gasteiger partial charge is 1.00 e. The second-order valence-corrected chi connectivity index (χ2v) is 11.6. The molecule has 4 aromatic carbocycles. The van der Waals surface area contributed by atoms with Crippen LogP contribution in [0.15, 0.2) is 97.7 Å². The van der Waals surface area contributed by atoms with E-state index in [1.54, 1.807) is 7.11 Å². The Kier molecular flexibility index (Phi) is 7.03. The molecule has 2 unspecified atom stereocenters. The fraction of sp³-hybridized carbons (Fsp3) is 0.286. The molecule has 4 nitrogen and oxygen atoms in total. The summed E-state index contributed by atoms with van der Waals surface area (Å²) in [7, 11) is 1.68. The topological polar surface area (TPSA) is 42.4 Å². The van der Waals surface area contributed by atoms with Gasteiger partial charge in [-0.15, -0.1) is 6.58 Å². The van der Waals surface area contributed by atoms with Gasteiger partial charge in [0.15, 0.2) is 0 Å². The zero-order valence-corrected chi connectivity index (χ0v) is 23.6. The first-order chi connectivity index (χ1) is 19.1. The average molecular weight is 551 g/mol. The molecule has 0 aliphatic carbocycles. The van der Waals surface area contributed by atoms with E-state index in [9.17, 15) is 5.11 Å². The van der Waals surface area contributed by atoms with Gasteiger partial charge in [0.2, 0.25) is 0 Å². The number of piperidine rings is 3. The SMILES string of the molecule is C=C[C@@H]1C[N@@+]2(Cc3c4ccccc4cc4ccccc34)CC[C@H]1CC2C(O)c1ccnc2ccc(OC)cc12.[Cl-]. The number of aliphatic hydroxyl groups excluding tert-OH is 1. The van der Waals surface area contributed by atoms with Gasteiger partial charge in [0, 0.05) is 35.9 Å². The van der Waals surface area contributed by atoms with E-state index in [-0.39, 0.29) is 18.4 Å². The number of aliphatic hydroxyl groups is 1. The first kappa shape index (κ1) is 26.8. The van der Waals surface area contributed by atoms with Gasteiger partial charge in [-0.2, -0.15) is 0 Å². The molecule has 3 aliphatic heterocycles. The van der Waals surface area contributed by atoms with Gasteiger partial charge in [-0.1, -0.05) is 54.6 Å². The van der Waals surface area contributed by atoms with Crippen LogP contribution in [0.5, 0.6) is 5.75 Å². The van der Waals surface area contributed by atoms with E-state index in [0.717, 1.165) is 52.8 Å². The van der Waals surface area contributed by atoms with Crippen molar-refractivity contribution >= 4 is 32.4 Å². The molecule has 40 heavy (non-hydrogen) atoms. The lowest BCUT2D eigenvalue weighted by molar-refractivity contribution is -0.984. The predicted octanol–water partition coefficient (Wildman–Crippen LogP) is 4.20. The van der Waals surface area contributed by atoms with Gasteiger partial charge < -0.3 is 26.7 Å². The molecule has 0 spiro atoms. The number of rotatable bonds is 6. The molecule has 5 atom stereocenters. The van der Waals surface area contributed by atoms with E-state index < -0.39 is 6.10 Å². The van der Waals surface area contributed by atoms with Gasteiger partial charge in [0.25, 0.3) is 0 Å². The molecule has 0 amide bonds. The lowest BCUT2D eigenvalue weighted by Gasteiger charge is -2.58. The summed E-state index contributed by atoms with van der Waals surface area (Å²) in [5, 5.41) is 18.4. The average Bonchev–Trinajstić information content (AvgIpc) is 3.00. The summed E-state index contributed by atoms with van der Waals surface area (Å²) < 4.78 is 6.41. The molecule has 3 aliphatic rings. The number of nitrogens with zero attached hydrogens (tertiary/aromatic N) is 2. The van der Waals surface area contributed by atoms with Crippen molar-refractivity contribution in [3.8, 4) is 5.75 Å². The molecule has 2 bridgehead atoms. The summed E-state index contributed by atoms with van der Waals surface area (Å²) in [4.78, 5) is 4.59. The highest BCUT2D eigenvalue weighted by Gasteiger charge is 2.54. The van der Waals surface area contributed by atoms with Crippen molar-refractivity contribution in [1.29, 1.82) is 0 Å². The Bertz CT molecular complexity index is 1660. The summed E-state index contributed by atoms with van der Waals surface area (Å²) in [5.41, 5.74) is 3.23. The van der Waals surface area contributed by atoms with Crippen molar-refractivity contribution in [2.24, 2.45) is 11.8 Å². The molecule has 0 radical (unpaired) electrons. The van der Waals surface area contributed by atoms with Crippen LogP contribution >= 0.6 is 0 Å². The summed E-state index contributed by atoms with van der Waals surface area (Å²) in [6.45, 7) is 7.21. The highest BCUT2D eigenvalue weighted by molar-refractivity contribution is 6.02. The number of aromatic nitrogens is 1. The minimum Gasteiger partial charge on any atom is -1.00 e. The van der Waals surface area contributed by atoms with Crippen LogP contribution in [0.3, 0.4) is 0 Å². The Balaban J connectivity index is 0.00000289. The van der Waals surface area contributed by atoms with E-state index in [1.807, 2.05) is 30.5 Å². The van der Waals surface area contributed by atoms with Gasteiger partial charge in [0.05, 0.1) is 25.7 Å². The molecule has 1 N–H and O–H groups in total. The summed E-state index contributed by atoms with van der Waals surface area (Å²) in [6, 6.07) is 27.9. The third-order valence-corrected chi connectivity index (χ3v) is 9.70.